The first kappa shape index (κ1) is 16.2. The fourth-order valence-corrected chi connectivity index (χ4v) is 2.34. The highest BCUT2D eigenvalue weighted by Gasteiger charge is 2.13. The normalized spacial score (nSPS) is 11.9. The second-order valence-electron chi connectivity index (χ2n) is 4.82. The van der Waals surface area contributed by atoms with Gasteiger partial charge in [0, 0.05) is 16.7 Å². The molecular weight excluding hydrogens is 350 g/mol. The van der Waals surface area contributed by atoms with Crippen LogP contribution in [0.3, 0.4) is 0 Å². The lowest BCUT2D eigenvalue weighted by Gasteiger charge is -2.18. The summed E-state index contributed by atoms with van der Waals surface area (Å²) in [6.45, 7) is 1.84. The number of carbonyl (C=O) groups excluding carboxylic acids is 1. The summed E-state index contributed by atoms with van der Waals surface area (Å²) in [5.41, 5.74) is -0.0878. The number of benzene rings is 1. The Hall–Kier alpha value is -2.15. The number of rotatable bonds is 5. The highest BCUT2D eigenvalue weighted by molar-refractivity contribution is 9.10. The van der Waals surface area contributed by atoms with E-state index < -0.39 is 11.2 Å². The minimum Gasteiger partial charge on any atom is -0.348 e. The minimum atomic E-state index is -0.598. The maximum atomic E-state index is 12.1. The van der Waals surface area contributed by atoms with Crippen molar-refractivity contribution < 1.29 is 4.79 Å². The van der Waals surface area contributed by atoms with Gasteiger partial charge in [0.05, 0.1) is 6.04 Å². The molecule has 0 aliphatic carbocycles. The minimum absolute atomic E-state index is 0.126. The maximum Gasteiger partial charge on any atom is 0.328 e. The van der Waals surface area contributed by atoms with Gasteiger partial charge >= 0.3 is 5.69 Å². The maximum absolute atomic E-state index is 12.1. The van der Waals surface area contributed by atoms with Crippen LogP contribution in [-0.2, 0) is 11.3 Å². The Bertz CT molecular complexity index is 765. The molecule has 2 N–H and O–H groups in total. The summed E-state index contributed by atoms with van der Waals surface area (Å²) < 4.78 is 2.13. The van der Waals surface area contributed by atoms with Crippen molar-refractivity contribution in [2.45, 2.75) is 25.9 Å². The first-order valence-corrected chi connectivity index (χ1v) is 7.63. The fourth-order valence-electron chi connectivity index (χ4n) is 2.08. The van der Waals surface area contributed by atoms with E-state index in [-0.39, 0.29) is 18.5 Å². The van der Waals surface area contributed by atoms with Gasteiger partial charge in [0.1, 0.15) is 6.54 Å². The van der Waals surface area contributed by atoms with Gasteiger partial charge in [0.25, 0.3) is 5.56 Å². The molecule has 1 heterocycles. The summed E-state index contributed by atoms with van der Waals surface area (Å²) in [6.07, 6.45) is 2.04. The van der Waals surface area contributed by atoms with E-state index in [0.29, 0.717) is 0 Å². The van der Waals surface area contributed by atoms with Gasteiger partial charge in [-0.25, -0.2) is 4.79 Å². The third-order valence-corrected chi connectivity index (χ3v) is 3.76. The molecule has 0 spiro atoms. The second kappa shape index (κ2) is 7.22. The third-order valence-electron chi connectivity index (χ3n) is 3.23. The Balaban J connectivity index is 2.07. The van der Waals surface area contributed by atoms with Crippen LogP contribution in [0.15, 0.2) is 50.6 Å². The van der Waals surface area contributed by atoms with Crippen molar-refractivity contribution in [2.75, 3.05) is 0 Å². The highest BCUT2D eigenvalue weighted by Crippen LogP contribution is 2.19. The number of carbonyl (C=O) groups is 1. The molecule has 1 amide bonds. The quantitative estimate of drug-likeness (QED) is 0.843. The standard InChI is InChI=1S/C15H16BrN3O3/c1-2-12(10-3-5-11(16)6-4-10)17-14(21)9-19-8-7-13(20)18-15(19)22/h3-8,12H,2,9H2,1H3,(H,17,21)(H,18,20,22)/t12-/m1/s1. The molecule has 0 aliphatic heterocycles. The van der Waals surface area contributed by atoms with Gasteiger partial charge in [-0.1, -0.05) is 35.0 Å². The van der Waals surface area contributed by atoms with Gasteiger partial charge < -0.3 is 5.32 Å². The molecule has 0 saturated heterocycles. The molecule has 1 aromatic carbocycles. The predicted octanol–water partition coefficient (Wildman–Crippen LogP) is 1.57. The van der Waals surface area contributed by atoms with Crippen LogP contribution in [0, 0.1) is 0 Å². The van der Waals surface area contributed by atoms with Crippen LogP contribution in [0.4, 0.5) is 0 Å². The zero-order valence-electron chi connectivity index (χ0n) is 12.0. The van der Waals surface area contributed by atoms with Gasteiger partial charge in [-0.15, -0.1) is 0 Å². The number of nitrogens with one attached hydrogen (secondary N) is 2. The number of aromatic nitrogens is 2. The monoisotopic (exact) mass is 365 g/mol. The molecule has 1 atom stereocenters. The lowest BCUT2D eigenvalue weighted by atomic mass is 10.0. The molecule has 0 saturated carbocycles. The fraction of sp³-hybridized carbons (Fsp3) is 0.267. The van der Waals surface area contributed by atoms with E-state index in [4.69, 9.17) is 0 Å². The summed E-state index contributed by atoms with van der Waals surface area (Å²) >= 11 is 3.37. The van der Waals surface area contributed by atoms with Crippen molar-refractivity contribution >= 4 is 21.8 Å². The first-order chi connectivity index (χ1) is 10.5. The van der Waals surface area contributed by atoms with E-state index >= 15 is 0 Å². The molecule has 2 rings (SSSR count). The Morgan fingerprint density at radius 2 is 1.95 bits per heavy atom. The van der Waals surface area contributed by atoms with Gasteiger partial charge in [0.15, 0.2) is 0 Å². The summed E-state index contributed by atoms with van der Waals surface area (Å²) in [4.78, 5) is 36.8. The Morgan fingerprint density at radius 1 is 1.27 bits per heavy atom. The molecule has 0 fully saturated rings. The zero-order chi connectivity index (χ0) is 16.1. The van der Waals surface area contributed by atoms with Crippen LogP contribution in [-0.4, -0.2) is 15.5 Å². The van der Waals surface area contributed by atoms with E-state index in [1.54, 1.807) is 0 Å². The van der Waals surface area contributed by atoms with E-state index in [9.17, 15) is 14.4 Å². The molecule has 116 valence electrons. The van der Waals surface area contributed by atoms with E-state index in [2.05, 4.69) is 26.2 Å². The number of amides is 1. The number of hydrogen-bond donors (Lipinski definition) is 2. The van der Waals surface area contributed by atoms with E-state index in [0.717, 1.165) is 21.0 Å². The smallest absolute Gasteiger partial charge is 0.328 e. The van der Waals surface area contributed by atoms with Crippen LogP contribution < -0.4 is 16.6 Å². The molecule has 2 aromatic rings. The molecule has 6 nitrogen and oxygen atoms in total. The lowest BCUT2D eigenvalue weighted by molar-refractivity contribution is -0.122. The van der Waals surface area contributed by atoms with Crippen LogP contribution >= 0.6 is 15.9 Å². The summed E-state index contributed by atoms with van der Waals surface area (Å²) in [6, 6.07) is 8.78. The topological polar surface area (TPSA) is 84.0 Å². The Labute approximate surface area is 135 Å². The molecule has 0 unspecified atom stereocenters. The molecule has 22 heavy (non-hydrogen) atoms. The molecule has 0 aliphatic rings. The van der Waals surface area contributed by atoms with Gasteiger partial charge in [-0.3, -0.25) is 19.1 Å². The van der Waals surface area contributed by atoms with Crippen LogP contribution in [0.1, 0.15) is 24.9 Å². The summed E-state index contributed by atoms with van der Waals surface area (Å²) in [7, 11) is 0. The predicted molar refractivity (Wildman–Crippen MR) is 86.6 cm³/mol. The van der Waals surface area contributed by atoms with Crippen LogP contribution in [0.2, 0.25) is 0 Å². The van der Waals surface area contributed by atoms with Crippen molar-refractivity contribution in [3.63, 3.8) is 0 Å². The average Bonchev–Trinajstić information content (AvgIpc) is 2.49. The van der Waals surface area contributed by atoms with E-state index in [1.165, 1.54) is 12.3 Å². The number of aromatic amines is 1. The largest absolute Gasteiger partial charge is 0.348 e. The Morgan fingerprint density at radius 3 is 2.55 bits per heavy atom. The molecule has 0 radical (unpaired) electrons. The van der Waals surface area contributed by atoms with Crippen LogP contribution in [0.25, 0.3) is 0 Å². The van der Waals surface area contributed by atoms with E-state index in [1.807, 2.05) is 31.2 Å². The molecular formula is C15H16BrN3O3. The molecule has 1 aromatic heterocycles. The van der Waals surface area contributed by atoms with Crippen molar-refractivity contribution in [1.29, 1.82) is 0 Å². The van der Waals surface area contributed by atoms with Crippen molar-refractivity contribution in [2.24, 2.45) is 0 Å². The molecule has 0 bridgehead atoms. The van der Waals surface area contributed by atoms with Gasteiger partial charge in [-0.05, 0) is 24.1 Å². The molecule has 7 heteroatoms. The lowest BCUT2D eigenvalue weighted by Crippen LogP contribution is -2.36. The number of nitrogens with zero attached hydrogens (tertiary/aromatic N) is 1. The summed E-state index contributed by atoms with van der Waals surface area (Å²) in [5, 5.41) is 2.89. The summed E-state index contributed by atoms with van der Waals surface area (Å²) in [5.74, 6) is -0.288. The highest BCUT2D eigenvalue weighted by atomic mass is 79.9. The number of halogens is 1. The SMILES string of the molecule is CC[C@@H](NC(=O)Cn1ccc(=O)[nH]c1=O)c1ccc(Br)cc1. The second-order valence-corrected chi connectivity index (χ2v) is 5.73. The zero-order valence-corrected chi connectivity index (χ0v) is 13.6. The van der Waals surface area contributed by atoms with Crippen molar-refractivity contribution in [3.8, 4) is 0 Å². The van der Waals surface area contributed by atoms with Gasteiger partial charge in [0.2, 0.25) is 5.91 Å². The van der Waals surface area contributed by atoms with Crippen molar-refractivity contribution in [1.82, 2.24) is 14.9 Å². The van der Waals surface area contributed by atoms with Gasteiger partial charge in [-0.2, -0.15) is 0 Å². The average molecular weight is 366 g/mol. The number of hydrogen-bond acceptors (Lipinski definition) is 3. The van der Waals surface area contributed by atoms with Crippen molar-refractivity contribution in [3.05, 3.63) is 67.4 Å². The first-order valence-electron chi connectivity index (χ1n) is 6.84. The third kappa shape index (κ3) is 4.17. The van der Waals surface area contributed by atoms with Crippen LogP contribution in [0.5, 0.6) is 0 Å². The number of H-pyrrole nitrogens is 1. The Kier molecular flexibility index (Phi) is 5.32.